The molecule has 0 saturated carbocycles. The summed E-state index contributed by atoms with van der Waals surface area (Å²) < 4.78 is 24.0. The van der Waals surface area contributed by atoms with Crippen LogP contribution in [0, 0.1) is 0 Å². The molecule has 1 unspecified atom stereocenters. The zero-order valence-electron chi connectivity index (χ0n) is 14.0. The van der Waals surface area contributed by atoms with Gasteiger partial charge in [-0.05, 0) is 19.1 Å². The van der Waals surface area contributed by atoms with Gasteiger partial charge in [-0.1, -0.05) is 18.2 Å². The van der Waals surface area contributed by atoms with E-state index in [1.54, 1.807) is 0 Å². The molecule has 1 fully saturated rings. The molecule has 0 N–H and O–H groups in total. The molecule has 0 aliphatic carbocycles. The molecule has 128 valence electrons. The van der Waals surface area contributed by atoms with Crippen LogP contribution in [0.3, 0.4) is 0 Å². The number of nitrogens with zero attached hydrogens (tertiary/aromatic N) is 3. The number of benzene rings is 1. The zero-order chi connectivity index (χ0) is 17.0. The Morgan fingerprint density at radius 2 is 1.91 bits per heavy atom. The maximum absolute atomic E-state index is 12.4. The predicted octanol–water partition coefficient (Wildman–Crippen LogP) is 1.01. The SMILES string of the molecule is CC1CN(c2ccccc2)CCN1C(=O)CCN(C)S(C)(=O)=O. The first kappa shape index (κ1) is 17.7. The lowest BCUT2D eigenvalue weighted by molar-refractivity contribution is -0.133. The van der Waals surface area contributed by atoms with Gasteiger partial charge in [0.2, 0.25) is 15.9 Å². The van der Waals surface area contributed by atoms with Crippen LogP contribution in [0.1, 0.15) is 13.3 Å². The fraction of sp³-hybridized carbons (Fsp3) is 0.562. The van der Waals surface area contributed by atoms with Crippen molar-refractivity contribution in [1.29, 1.82) is 0 Å². The number of amides is 1. The van der Waals surface area contributed by atoms with Crippen LogP contribution in [0.25, 0.3) is 0 Å². The average molecular weight is 339 g/mol. The third-order valence-electron chi connectivity index (χ3n) is 4.28. The minimum Gasteiger partial charge on any atom is -0.368 e. The average Bonchev–Trinajstić information content (AvgIpc) is 2.52. The Labute approximate surface area is 138 Å². The lowest BCUT2D eigenvalue weighted by Crippen LogP contribution is -2.54. The molecule has 6 nitrogen and oxygen atoms in total. The van der Waals surface area contributed by atoms with E-state index in [9.17, 15) is 13.2 Å². The van der Waals surface area contributed by atoms with E-state index in [1.807, 2.05) is 30.0 Å². The van der Waals surface area contributed by atoms with E-state index in [4.69, 9.17) is 0 Å². The number of sulfonamides is 1. The predicted molar refractivity (Wildman–Crippen MR) is 91.9 cm³/mol. The molecular formula is C16H25N3O3S. The Kier molecular flexibility index (Phi) is 5.64. The van der Waals surface area contributed by atoms with Gasteiger partial charge in [0.15, 0.2) is 0 Å². The van der Waals surface area contributed by atoms with Crippen molar-refractivity contribution >= 4 is 21.6 Å². The first-order valence-corrected chi connectivity index (χ1v) is 9.64. The van der Waals surface area contributed by atoms with Crippen molar-refractivity contribution in [2.45, 2.75) is 19.4 Å². The van der Waals surface area contributed by atoms with Gasteiger partial charge in [-0.2, -0.15) is 0 Å². The molecule has 1 aromatic rings. The molecule has 1 amide bonds. The van der Waals surface area contributed by atoms with E-state index >= 15 is 0 Å². The number of piperazine rings is 1. The maximum atomic E-state index is 12.4. The summed E-state index contributed by atoms with van der Waals surface area (Å²) in [7, 11) is -1.73. The van der Waals surface area contributed by atoms with Crippen LogP contribution in [0.5, 0.6) is 0 Å². The summed E-state index contributed by atoms with van der Waals surface area (Å²) in [4.78, 5) is 16.5. The molecule has 0 aromatic heterocycles. The van der Waals surface area contributed by atoms with Gasteiger partial charge in [0.25, 0.3) is 0 Å². The molecule has 2 rings (SSSR count). The summed E-state index contributed by atoms with van der Waals surface area (Å²) >= 11 is 0. The molecular weight excluding hydrogens is 314 g/mol. The number of para-hydroxylation sites is 1. The molecule has 1 aliphatic heterocycles. The molecule has 0 bridgehead atoms. The molecule has 23 heavy (non-hydrogen) atoms. The van der Waals surface area contributed by atoms with Crippen LogP contribution in [-0.2, 0) is 14.8 Å². The quantitative estimate of drug-likeness (QED) is 0.803. The minimum absolute atomic E-state index is 0.0145. The summed E-state index contributed by atoms with van der Waals surface area (Å²) in [6.45, 7) is 4.51. The van der Waals surface area contributed by atoms with E-state index in [-0.39, 0.29) is 24.9 Å². The van der Waals surface area contributed by atoms with Crippen molar-refractivity contribution < 1.29 is 13.2 Å². The Bertz CT molecular complexity index is 633. The smallest absolute Gasteiger partial charge is 0.224 e. The van der Waals surface area contributed by atoms with Gasteiger partial charge in [0.05, 0.1) is 6.26 Å². The van der Waals surface area contributed by atoms with Gasteiger partial charge in [-0.25, -0.2) is 12.7 Å². The number of carbonyl (C=O) groups is 1. The van der Waals surface area contributed by atoms with Crippen molar-refractivity contribution in [3.63, 3.8) is 0 Å². The Morgan fingerprint density at radius 3 is 2.48 bits per heavy atom. The fourth-order valence-electron chi connectivity index (χ4n) is 2.76. The van der Waals surface area contributed by atoms with Gasteiger partial charge in [0.1, 0.15) is 0 Å². The maximum Gasteiger partial charge on any atom is 0.224 e. The third-order valence-corrected chi connectivity index (χ3v) is 5.59. The van der Waals surface area contributed by atoms with Gasteiger partial charge in [0, 0.05) is 51.4 Å². The highest BCUT2D eigenvalue weighted by molar-refractivity contribution is 7.88. The largest absolute Gasteiger partial charge is 0.368 e. The van der Waals surface area contributed by atoms with Crippen molar-refractivity contribution in [3.05, 3.63) is 30.3 Å². The topological polar surface area (TPSA) is 60.9 Å². The second-order valence-corrected chi connectivity index (χ2v) is 8.14. The normalized spacial score (nSPS) is 19.2. The summed E-state index contributed by atoms with van der Waals surface area (Å²) in [5.74, 6) is 0.0145. The van der Waals surface area contributed by atoms with Gasteiger partial charge in [-0.15, -0.1) is 0 Å². The second-order valence-electron chi connectivity index (χ2n) is 6.05. The molecule has 1 heterocycles. The lowest BCUT2D eigenvalue weighted by Gasteiger charge is -2.41. The Morgan fingerprint density at radius 1 is 1.26 bits per heavy atom. The second kappa shape index (κ2) is 7.31. The van der Waals surface area contributed by atoms with Crippen LogP contribution in [0.15, 0.2) is 30.3 Å². The van der Waals surface area contributed by atoms with E-state index < -0.39 is 10.0 Å². The van der Waals surface area contributed by atoms with E-state index in [1.165, 1.54) is 17.0 Å². The minimum atomic E-state index is -3.23. The first-order chi connectivity index (χ1) is 10.8. The molecule has 1 aliphatic rings. The van der Waals surface area contributed by atoms with Gasteiger partial charge >= 0.3 is 0 Å². The van der Waals surface area contributed by atoms with Crippen molar-refractivity contribution in [1.82, 2.24) is 9.21 Å². The van der Waals surface area contributed by atoms with Crippen molar-refractivity contribution in [2.75, 3.05) is 44.4 Å². The van der Waals surface area contributed by atoms with E-state index in [0.29, 0.717) is 6.54 Å². The number of carbonyl (C=O) groups excluding carboxylic acids is 1. The summed E-state index contributed by atoms with van der Waals surface area (Å²) in [6, 6.07) is 10.3. The van der Waals surface area contributed by atoms with Crippen LogP contribution in [0.4, 0.5) is 5.69 Å². The highest BCUT2D eigenvalue weighted by Gasteiger charge is 2.27. The summed E-state index contributed by atoms with van der Waals surface area (Å²) in [6.07, 6.45) is 1.37. The summed E-state index contributed by atoms with van der Waals surface area (Å²) in [5.41, 5.74) is 1.17. The van der Waals surface area contributed by atoms with Crippen LogP contribution in [-0.4, -0.2) is 69.1 Å². The Hall–Kier alpha value is -1.60. The van der Waals surface area contributed by atoms with Crippen molar-refractivity contribution in [3.8, 4) is 0 Å². The monoisotopic (exact) mass is 339 g/mol. The summed E-state index contributed by atoms with van der Waals surface area (Å²) in [5, 5.41) is 0. The van der Waals surface area contributed by atoms with Crippen LogP contribution < -0.4 is 4.90 Å². The van der Waals surface area contributed by atoms with Gasteiger partial charge in [-0.3, -0.25) is 4.79 Å². The fourth-order valence-corrected chi connectivity index (χ4v) is 3.19. The molecule has 0 spiro atoms. The number of rotatable bonds is 5. The number of anilines is 1. The standard InChI is InChI=1S/C16H25N3O3S/c1-14-13-18(15-7-5-4-6-8-15)11-12-19(14)16(20)9-10-17(2)23(3,21)22/h4-8,14H,9-13H2,1-3H3. The molecule has 1 atom stereocenters. The number of hydrogen-bond acceptors (Lipinski definition) is 4. The third kappa shape index (κ3) is 4.68. The Balaban J connectivity index is 1.89. The molecule has 1 aromatic carbocycles. The zero-order valence-corrected chi connectivity index (χ0v) is 14.8. The van der Waals surface area contributed by atoms with E-state index in [2.05, 4.69) is 17.0 Å². The van der Waals surface area contributed by atoms with Gasteiger partial charge < -0.3 is 9.80 Å². The van der Waals surface area contributed by atoms with Crippen LogP contribution in [0.2, 0.25) is 0 Å². The molecule has 1 saturated heterocycles. The van der Waals surface area contributed by atoms with Crippen molar-refractivity contribution in [2.24, 2.45) is 0 Å². The van der Waals surface area contributed by atoms with Crippen LogP contribution >= 0.6 is 0 Å². The molecule has 7 heteroatoms. The van der Waals surface area contributed by atoms with E-state index in [0.717, 1.165) is 19.3 Å². The molecule has 0 radical (unpaired) electrons. The number of hydrogen-bond donors (Lipinski definition) is 0. The first-order valence-electron chi connectivity index (χ1n) is 7.80. The lowest BCUT2D eigenvalue weighted by atomic mass is 10.1. The highest BCUT2D eigenvalue weighted by atomic mass is 32.2. The highest BCUT2D eigenvalue weighted by Crippen LogP contribution is 2.19.